The summed E-state index contributed by atoms with van der Waals surface area (Å²) in [6.45, 7) is 7.43. The van der Waals surface area contributed by atoms with E-state index < -0.39 is 0 Å². The first-order valence-corrected chi connectivity index (χ1v) is 7.85. The number of carbonyl (C=O) groups excluding carboxylic acids is 1. The van der Waals surface area contributed by atoms with Crippen molar-refractivity contribution in [1.29, 1.82) is 0 Å². The second-order valence-corrected chi connectivity index (χ2v) is 6.48. The molecule has 0 radical (unpaired) electrons. The first-order chi connectivity index (χ1) is 9.90. The van der Waals surface area contributed by atoms with E-state index in [2.05, 4.69) is 9.97 Å². The van der Waals surface area contributed by atoms with E-state index in [0.29, 0.717) is 35.5 Å². The Bertz CT molecular complexity index is 514. The molecule has 7 heteroatoms. The zero-order valence-electron chi connectivity index (χ0n) is 13.3. The Kier molecular flexibility index (Phi) is 7.03. The Labute approximate surface area is 143 Å². The van der Waals surface area contributed by atoms with Crippen LogP contribution >= 0.6 is 24.0 Å². The number of amides is 1. The summed E-state index contributed by atoms with van der Waals surface area (Å²) in [5.74, 6) is 1.19. The van der Waals surface area contributed by atoms with Crippen LogP contribution in [0.1, 0.15) is 55.8 Å². The number of nitrogens with two attached hydrogens (primary N) is 1. The quantitative estimate of drug-likeness (QED) is 0.913. The lowest BCUT2D eigenvalue weighted by Gasteiger charge is -2.33. The molecule has 1 atom stereocenters. The Morgan fingerprint density at radius 2 is 1.95 bits per heavy atom. The SMILES string of the molecule is CC(C)c1ncc(Cl)c(C(=O)N2CCC(C(C)N)CC2)n1.Cl. The van der Waals surface area contributed by atoms with Crippen molar-refractivity contribution in [2.24, 2.45) is 11.7 Å². The lowest BCUT2D eigenvalue weighted by molar-refractivity contribution is 0.0674. The molecule has 2 N–H and O–H groups in total. The third-order valence-electron chi connectivity index (χ3n) is 4.05. The lowest BCUT2D eigenvalue weighted by Crippen LogP contribution is -2.43. The predicted octanol–water partition coefficient (Wildman–Crippen LogP) is 2.87. The zero-order chi connectivity index (χ0) is 15.6. The molecule has 0 aromatic carbocycles. The number of aromatic nitrogens is 2. The van der Waals surface area contributed by atoms with E-state index in [1.165, 1.54) is 6.20 Å². The summed E-state index contributed by atoms with van der Waals surface area (Å²) in [5, 5.41) is 0.318. The van der Waals surface area contributed by atoms with Gasteiger partial charge in [0.15, 0.2) is 5.69 Å². The van der Waals surface area contributed by atoms with Gasteiger partial charge in [0.05, 0.1) is 11.2 Å². The van der Waals surface area contributed by atoms with Crippen LogP contribution in [-0.4, -0.2) is 39.9 Å². The fourth-order valence-electron chi connectivity index (χ4n) is 2.59. The molecule has 22 heavy (non-hydrogen) atoms. The standard InChI is InChI=1S/C15H23ClN4O.ClH/c1-9(2)14-18-8-12(16)13(19-14)15(21)20-6-4-11(5-7-20)10(3)17;/h8-11H,4-7,17H2,1-3H3;1H. The minimum absolute atomic E-state index is 0. The van der Waals surface area contributed by atoms with E-state index in [1.807, 2.05) is 25.7 Å². The minimum Gasteiger partial charge on any atom is -0.337 e. The third kappa shape index (κ3) is 4.31. The van der Waals surface area contributed by atoms with Crippen LogP contribution in [0.5, 0.6) is 0 Å². The van der Waals surface area contributed by atoms with Gasteiger partial charge in [-0.25, -0.2) is 9.97 Å². The van der Waals surface area contributed by atoms with Gasteiger partial charge < -0.3 is 10.6 Å². The Balaban J connectivity index is 0.00000242. The second-order valence-electron chi connectivity index (χ2n) is 6.07. The lowest BCUT2D eigenvalue weighted by atomic mass is 9.91. The molecule has 0 spiro atoms. The van der Waals surface area contributed by atoms with Crippen LogP contribution in [0.4, 0.5) is 0 Å². The molecule has 1 unspecified atom stereocenters. The van der Waals surface area contributed by atoms with E-state index in [4.69, 9.17) is 17.3 Å². The van der Waals surface area contributed by atoms with Crippen molar-refractivity contribution in [1.82, 2.24) is 14.9 Å². The average Bonchev–Trinajstić information content (AvgIpc) is 2.47. The highest BCUT2D eigenvalue weighted by Gasteiger charge is 2.27. The molecule has 1 fully saturated rings. The maximum absolute atomic E-state index is 12.6. The molecule has 2 heterocycles. The van der Waals surface area contributed by atoms with Gasteiger partial charge in [0.25, 0.3) is 5.91 Å². The predicted molar refractivity (Wildman–Crippen MR) is 90.7 cm³/mol. The Hall–Kier alpha value is -0.910. The van der Waals surface area contributed by atoms with Gasteiger partial charge in [-0.2, -0.15) is 0 Å². The molecule has 1 aromatic rings. The van der Waals surface area contributed by atoms with Crippen LogP contribution < -0.4 is 5.73 Å². The molecule has 1 aromatic heterocycles. The Morgan fingerprint density at radius 1 is 1.36 bits per heavy atom. The first kappa shape index (κ1) is 19.1. The van der Waals surface area contributed by atoms with Crippen LogP contribution in [0.2, 0.25) is 5.02 Å². The van der Waals surface area contributed by atoms with Crippen molar-refractivity contribution in [3.63, 3.8) is 0 Å². The molecular weight excluding hydrogens is 323 g/mol. The highest BCUT2D eigenvalue weighted by molar-refractivity contribution is 6.33. The fourth-order valence-corrected chi connectivity index (χ4v) is 2.76. The van der Waals surface area contributed by atoms with Crippen LogP contribution in [0.15, 0.2) is 6.20 Å². The maximum Gasteiger partial charge on any atom is 0.274 e. The fraction of sp³-hybridized carbons (Fsp3) is 0.667. The molecular formula is C15H24Cl2N4O. The summed E-state index contributed by atoms with van der Waals surface area (Å²) in [5.41, 5.74) is 6.25. The summed E-state index contributed by atoms with van der Waals surface area (Å²) in [7, 11) is 0. The zero-order valence-corrected chi connectivity index (χ0v) is 14.8. The van der Waals surface area contributed by atoms with Gasteiger partial charge in [-0.3, -0.25) is 4.79 Å². The third-order valence-corrected chi connectivity index (χ3v) is 4.33. The molecule has 0 aliphatic carbocycles. The summed E-state index contributed by atoms with van der Waals surface area (Å²) < 4.78 is 0. The summed E-state index contributed by atoms with van der Waals surface area (Å²) in [6, 6.07) is 0.178. The monoisotopic (exact) mass is 346 g/mol. The van der Waals surface area contributed by atoms with E-state index in [9.17, 15) is 4.79 Å². The first-order valence-electron chi connectivity index (χ1n) is 7.47. The van der Waals surface area contributed by atoms with Crippen LogP contribution in [-0.2, 0) is 0 Å². The summed E-state index contributed by atoms with van der Waals surface area (Å²) in [6.07, 6.45) is 3.39. The van der Waals surface area contributed by atoms with Crippen LogP contribution in [0.3, 0.4) is 0 Å². The van der Waals surface area contributed by atoms with Crippen molar-refractivity contribution >= 4 is 29.9 Å². The minimum atomic E-state index is -0.104. The number of piperidine rings is 1. The highest BCUT2D eigenvalue weighted by atomic mass is 35.5. The topological polar surface area (TPSA) is 72.1 Å². The molecule has 0 bridgehead atoms. The maximum atomic E-state index is 12.6. The average molecular weight is 347 g/mol. The molecule has 1 aliphatic rings. The van der Waals surface area contributed by atoms with Crippen LogP contribution in [0, 0.1) is 5.92 Å². The number of rotatable bonds is 3. The summed E-state index contributed by atoms with van der Waals surface area (Å²) in [4.78, 5) is 22.9. The van der Waals surface area contributed by atoms with Crippen molar-refractivity contribution < 1.29 is 4.79 Å². The van der Waals surface area contributed by atoms with Gasteiger partial charge in [0.1, 0.15) is 5.82 Å². The number of hydrogen-bond donors (Lipinski definition) is 1. The molecule has 2 rings (SSSR count). The number of likely N-dealkylation sites (tertiary alicyclic amines) is 1. The van der Waals surface area contributed by atoms with E-state index in [1.54, 1.807) is 0 Å². The normalized spacial score (nSPS) is 17.3. The van der Waals surface area contributed by atoms with Gasteiger partial charge in [-0.15, -0.1) is 12.4 Å². The molecule has 1 aliphatic heterocycles. The largest absolute Gasteiger partial charge is 0.337 e. The van der Waals surface area contributed by atoms with Crippen molar-refractivity contribution in [2.45, 2.75) is 45.6 Å². The Morgan fingerprint density at radius 3 is 2.45 bits per heavy atom. The number of nitrogens with zero attached hydrogens (tertiary/aromatic N) is 3. The van der Waals surface area contributed by atoms with E-state index >= 15 is 0 Å². The van der Waals surface area contributed by atoms with Gasteiger partial charge >= 0.3 is 0 Å². The van der Waals surface area contributed by atoms with E-state index in [0.717, 1.165) is 12.8 Å². The molecule has 1 amide bonds. The number of halogens is 2. The second kappa shape index (κ2) is 8.09. The molecule has 0 saturated carbocycles. The smallest absolute Gasteiger partial charge is 0.274 e. The summed E-state index contributed by atoms with van der Waals surface area (Å²) >= 11 is 6.10. The van der Waals surface area contributed by atoms with Gasteiger partial charge in [0.2, 0.25) is 0 Å². The van der Waals surface area contributed by atoms with E-state index in [-0.39, 0.29) is 30.3 Å². The van der Waals surface area contributed by atoms with Crippen molar-refractivity contribution in [2.75, 3.05) is 13.1 Å². The molecule has 1 saturated heterocycles. The van der Waals surface area contributed by atoms with Gasteiger partial charge in [0, 0.05) is 25.0 Å². The molecule has 5 nitrogen and oxygen atoms in total. The molecule has 124 valence electrons. The highest BCUT2D eigenvalue weighted by Crippen LogP contribution is 2.23. The van der Waals surface area contributed by atoms with Crippen molar-refractivity contribution in [3.05, 3.63) is 22.7 Å². The van der Waals surface area contributed by atoms with Gasteiger partial charge in [-0.1, -0.05) is 25.4 Å². The van der Waals surface area contributed by atoms with Gasteiger partial charge in [-0.05, 0) is 25.7 Å². The van der Waals surface area contributed by atoms with Crippen molar-refractivity contribution in [3.8, 4) is 0 Å². The number of hydrogen-bond acceptors (Lipinski definition) is 4. The van der Waals surface area contributed by atoms with Crippen LogP contribution in [0.25, 0.3) is 0 Å². The number of carbonyl (C=O) groups is 1.